The number of aliphatic hydroxyl groups is 3. The van der Waals surface area contributed by atoms with Crippen LogP contribution in [0.25, 0.3) is 0 Å². The molecule has 0 aliphatic heterocycles. The molecule has 0 radical (unpaired) electrons. The number of ether oxygens (including phenoxy) is 1. The molecule has 0 bridgehead atoms. The second-order valence-corrected chi connectivity index (χ2v) is 8.18. The van der Waals surface area contributed by atoms with E-state index in [0.717, 1.165) is 5.56 Å². The molecule has 1 saturated carbocycles. The van der Waals surface area contributed by atoms with Crippen LogP contribution in [-0.4, -0.2) is 50.8 Å². The van der Waals surface area contributed by atoms with Crippen LogP contribution in [0.5, 0.6) is 5.75 Å². The fourth-order valence-electron chi connectivity index (χ4n) is 3.57. The first-order valence-electron chi connectivity index (χ1n) is 10.3. The molecule has 0 saturated heterocycles. The minimum Gasteiger partial charge on any atom is -0.490 e. The molecule has 30 heavy (non-hydrogen) atoms. The minimum absolute atomic E-state index is 0.0523. The van der Waals surface area contributed by atoms with Crippen LogP contribution in [0.2, 0.25) is 0 Å². The van der Waals surface area contributed by atoms with Crippen molar-refractivity contribution in [2.75, 3.05) is 6.61 Å². The number of allylic oxidation sites excluding steroid dienone is 1. The molecule has 1 fully saturated rings. The van der Waals surface area contributed by atoms with E-state index in [2.05, 4.69) is 5.73 Å². The number of aryl methyl sites for hydroxylation is 1. The smallest absolute Gasteiger partial charge is 0.303 e. The van der Waals surface area contributed by atoms with Gasteiger partial charge in [0.1, 0.15) is 18.0 Å². The van der Waals surface area contributed by atoms with Crippen LogP contribution in [0.15, 0.2) is 54.3 Å². The Labute approximate surface area is 177 Å². The van der Waals surface area contributed by atoms with Gasteiger partial charge in [-0.3, -0.25) is 4.79 Å². The van der Waals surface area contributed by atoms with E-state index < -0.39 is 23.8 Å². The Kier molecular flexibility index (Phi) is 8.88. The Morgan fingerprint density at radius 1 is 1.30 bits per heavy atom. The van der Waals surface area contributed by atoms with Crippen molar-refractivity contribution >= 4 is 5.97 Å². The highest BCUT2D eigenvalue weighted by Crippen LogP contribution is 2.36. The number of carbonyl (C=O) groups is 1. The third-order valence-corrected chi connectivity index (χ3v) is 5.24. The van der Waals surface area contributed by atoms with E-state index in [1.54, 1.807) is 31.2 Å². The number of hydrogen-bond donors (Lipinski definition) is 4. The maximum absolute atomic E-state index is 10.6. The van der Waals surface area contributed by atoms with Gasteiger partial charge in [-0.05, 0) is 62.5 Å². The topological polar surface area (TPSA) is 107 Å². The molecule has 6 heteroatoms. The number of aliphatic hydroxyl groups excluding tert-OH is 2. The van der Waals surface area contributed by atoms with E-state index in [-0.39, 0.29) is 31.3 Å². The monoisotopic (exact) mass is 416 g/mol. The lowest BCUT2D eigenvalue weighted by Crippen LogP contribution is -2.30. The Morgan fingerprint density at radius 2 is 2.07 bits per heavy atom. The highest BCUT2D eigenvalue weighted by atomic mass is 16.5. The highest BCUT2D eigenvalue weighted by Gasteiger charge is 2.39. The number of benzene rings is 1. The summed E-state index contributed by atoms with van der Waals surface area (Å²) in [4.78, 5) is 10.5. The highest BCUT2D eigenvalue weighted by molar-refractivity contribution is 5.66. The van der Waals surface area contributed by atoms with Gasteiger partial charge in [0.2, 0.25) is 0 Å². The Balaban J connectivity index is 1.95. The second kappa shape index (κ2) is 11.1. The third-order valence-electron chi connectivity index (χ3n) is 5.24. The number of aliphatic carboxylic acids is 1. The number of rotatable bonds is 10. The molecule has 5 atom stereocenters. The Morgan fingerprint density at radius 3 is 2.77 bits per heavy atom. The van der Waals surface area contributed by atoms with Gasteiger partial charge >= 0.3 is 5.97 Å². The van der Waals surface area contributed by atoms with Crippen LogP contribution in [-0.2, 0) is 4.79 Å². The van der Waals surface area contributed by atoms with Gasteiger partial charge in [0.05, 0.1) is 12.2 Å². The van der Waals surface area contributed by atoms with Crippen LogP contribution in [0.3, 0.4) is 0 Å². The molecule has 4 N–H and O–H groups in total. The normalized spacial score (nSPS) is 25.5. The van der Waals surface area contributed by atoms with Crippen molar-refractivity contribution in [2.24, 2.45) is 11.8 Å². The summed E-state index contributed by atoms with van der Waals surface area (Å²) in [7, 11) is 0. The van der Waals surface area contributed by atoms with Gasteiger partial charge < -0.3 is 25.2 Å². The number of carboxylic acids is 1. The molecule has 1 unspecified atom stereocenters. The van der Waals surface area contributed by atoms with Crippen molar-refractivity contribution in [2.45, 2.75) is 57.3 Å². The second-order valence-electron chi connectivity index (χ2n) is 8.18. The van der Waals surface area contributed by atoms with Crippen molar-refractivity contribution in [3.8, 4) is 5.75 Å². The molecule has 0 spiro atoms. The molecule has 1 aliphatic rings. The van der Waals surface area contributed by atoms with Gasteiger partial charge in [0, 0.05) is 18.8 Å². The molecule has 1 aliphatic carbocycles. The average molecular weight is 417 g/mol. The van der Waals surface area contributed by atoms with E-state index in [1.165, 1.54) is 0 Å². The number of hydrogen-bond acceptors (Lipinski definition) is 5. The average Bonchev–Trinajstić information content (AvgIpc) is 2.94. The molecule has 2 rings (SSSR count). The van der Waals surface area contributed by atoms with E-state index in [9.17, 15) is 20.1 Å². The maximum atomic E-state index is 10.6. The standard InChI is InChI=1S/C24H32O6/c1-17-8-7-9-18(14-17)30-16-24(2,29)13-12-20-19(21(25)15-22(20)26)10-5-3-4-6-11-23(27)28/h4-5,7-9,12-14,19-22,25-26,29H,6,10-11,15-16H2,1-2H3,(H,27,28)/t3?,19-,20-,21+,22-,24?/m1/s1. The van der Waals surface area contributed by atoms with E-state index in [1.807, 2.05) is 31.2 Å². The van der Waals surface area contributed by atoms with Crippen LogP contribution in [0.1, 0.15) is 38.2 Å². The molecule has 6 nitrogen and oxygen atoms in total. The van der Waals surface area contributed by atoms with Gasteiger partial charge in [0.25, 0.3) is 0 Å². The molecule has 164 valence electrons. The van der Waals surface area contributed by atoms with Gasteiger partial charge in [-0.25, -0.2) is 0 Å². The van der Waals surface area contributed by atoms with Gasteiger partial charge in [-0.1, -0.05) is 24.3 Å². The number of carboxylic acid groups (broad SMARTS) is 1. The lowest BCUT2D eigenvalue weighted by molar-refractivity contribution is -0.136. The zero-order valence-corrected chi connectivity index (χ0v) is 17.6. The lowest BCUT2D eigenvalue weighted by atomic mass is 9.89. The van der Waals surface area contributed by atoms with Crippen molar-refractivity contribution in [3.63, 3.8) is 0 Å². The van der Waals surface area contributed by atoms with Gasteiger partial charge in [0.15, 0.2) is 0 Å². The molecular formula is C24H32O6. The summed E-state index contributed by atoms with van der Waals surface area (Å²) < 4.78 is 5.69. The minimum atomic E-state index is -1.23. The first-order chi connectivity index (χ1) is 14.2. The fraction of sp³-hybridized carbons (Fsp3) is 0.500. The first kappa shape index (κ1) is 23.9. The van der Waals surface area contributed by atoms with Crippen molar-refractivity contribution < 1.29 is 30.0 Å². The Bertz CT molecular complexity index is 791. The fourth-order valence-corrected chi connectivity index (χ4v) is 3.57. The van der Waals surface area contributed by atoms with Crippen LogP contribution in [0, 0.1) is 18.8 Å². The first-order valence-corrected chi connectivity index (χ1v) is 10.3. The van der Waals surface area contributed by atoms with Crippen molar-refractivity contribution in [3.05, 3.63) is 59.9 Å². The molecule has 0 heterocycles. The summed E-state index contributed by atoms with van der Waals surface area (Å²) in [5.41, 5.74) is 2.78. The maximum Gasteiger partial charge on any atom is 0.303 e. The predicted molar refractivity (Wildman–Crippen MR) is 114 cm³/mol. The Hall–Kier alpha value is -2.37. The lowest BCUT2D eigenvalue weighted by Gasteiger charge is -2.23. The van der Waals surface area contributed by atoms with Crippen LogP contribution in [0.4, 0.5) is 0 Å². The summed E-state index contributed by atoms with van der Waals surface area (Å²) >= 11 is 0. The SMILES string of the molecule is Cc1cccc(OCC(C)(O)C=C[C@@H]2[C@@H](CC=C=CCCC(=O)O)[C@@H](O)C[C@H]2O)c1. The predicted octanol–water partition coefficient (Wildman–Crippen LogP) is 3.01. The largest absolute Gasteiger partial charge is 0.490 e. The molecular weight excluding hydrogens is 384 g/mol. The summed E-state index contributed by atoms with van der Waals surface area (Å²) in [5.74, 6) is -0.684. The summed E-state index contributed by atoms with van der Waals surface area (Å²) in [6.45, 7) is 3.67. The van der Waals surface area contributed by atoms with Gasteiger partial charge in [-0.2, -0.15) is 0 Å². The quantitative estimate of drug-likeness (QED) is 0.345. The van der Waals surface area contributed by atoms with E-state index >= 15 is 0 Å². The molecule has 0 aromatic heterocycles. The van der Waals surface area contributed by atoms with Crippen LogP contribution >= 0.6 is 0 Å². The van der Waals surface area contributed by atoms with Gasteiger partial charge in [-0.15, -0.1) is 5.73 Å². The zero-order chi connectivity index (χ0) is 22.1. The van der Waals surface area contributed by atoms with Crippen molar-refractivity contribution in [1.82, 2.24) is 0 Å². The third kappa shape index (κ3) is 7.81. The zero-order valence-electron chi connectivity index (χ0n) is 17.6. The van der Waals surface area contributed by atoms with E-state index in [4.69, 9.17) is 9.84 Å². The van der Waals surface area contributed by atoms with Crippen molar-refractivity contribution in [1.29, 1.82) is 0 Å². The van der Waals surface area contributed by atoms with E-state index in [0.29, 0.717) is 18.6 Å². The molecule has 1 aromatic carbocycles. The summed E-state index contributed by atoms with van der Waals surface area (Å²) in [5, 5.41) is 39.9. The van der Waals surface area contributed by atoms with Crippen LogP contribution < -0.4 is 4.74 Å². The summed E-state index contributed by atoms with van der Waals surface area (Å²) in [6, 6.07) is 7.58. The molecule has 0 amide bonds. The summed E-state index contributed by atoms with van der Waals surface area (Å²) in [6.07, 6.45) is 6.67. The molecule has 1 aromatic rings.